The van der Waals surface area contributed by atoms with Gasteiger partial charge >= 0.3 is 5.82 Å². The summed E-state index contributed by atoms with van der Waals surface area (Å²) >= 11 is 1.46. The van der Waals surface area contributed by atoms with Crippen molar-refractivity contribution in [3.05, 3.63) is 58.3 Å². The van der Waals surface area contributed by atoms with Gasteiger partial charge in [0.15, 0.2) is 6.20 Å². The van der Waals surface area contributed by atoms with Gasteiger partial charge in [-0.15, -0.1) is 0 Å². The quantitative estimate of drug-likeness (QED) is 0.677. The van der Waals surface area contributed by atoms with Gasteiger partial charge < -0.3 is 15.2 Å². The highest BCUT2D eigenvalue weighted by molar-refractivity contribution is 7.99. The summed E-state index contributed by atoms with van der Waals surface area (Å²) in [7, 11) is 0. The summed E-state index contributed by atoms with van der Waals surface area (Å²) in [5, 5.41) is 19.4. The predicted octanol–water partition coefficient (Wildman–Crippen LogP) is 2.63. The van der Waals surface area contributed by atoms with Gasteiger partial charge in [-0.3, -0.25) is 0 Å². The molecule has 0 saturated carbocycles. The lowest BCUT2D eigenvalue weighted by molar-refractivity contribution is -0.389. The van der Waals surface area contributed by atoms with E-state index in [2.05, 4.69) is 4.98 Å². The fourth-order valence-electron chi connectivity index (χ4n) is 1.34. The van der Waals surface area contributed by atoms with E-state index in [9.17, 15) is 10.1 Å². The van der Waals surface area contributed by atoms with Gasteiger partial charge in [-0.05, 0) is 33.7 Å². The van der Waals surface area contributed by atoms with E-state index in [0.717, 1.165) is 15.4 Å². The van der Waals surface area contributed by atoms with E-state index in [4.69, 9.17) is 5.11 Å². The van der Waals surface area contributed by atoms with Crippen LogP contribution in [0.1, 0.15) is 5.56 Å². The van der Waals surface area contributed by atoms with Crippen molar-refractivity contribution < 1.29 is 10.0 Å². The van der Waals surface area contributed by atoms with Crippen molar-refractivity contribution in [2.75, 3.05) is 0 Å². The smallest absolute Gasteiger partial charge is 0.363 e. The first-order chi connectivity index (χ1) is 8.69. The maximum absolute atomic E-state index is 10.5. The lowest BCUT2D eigenvalue weighted by Crippen LogP contribution is -1.90. The zero-order valence-electron chi connectivity index (χ0n) is 9.31. The Morgan fingerprint density at radius 2 is 1.83 bits per heavy atom. The summed E-state index contributed by atoms with van der Waals surface area (Å²) in [5.41, 5.74) is 0.848. The fraction of sp³-hybridized carbons (Fsp3) is 0.0833. The topological polar surface area (TPSA) is 76.3 Å². The minimum atomic E-state index is -0.523. The number of pyridine rings is 1. The third-order valence-corrected chi connectivity index (χ3v) is 3.23. The van der Waals surface area contributed by atoms with E-state index >= 15 is 0 Å². The fourth-order valence-corrected chi connectivity index (χ4v) is 2.13. The van der Waals surface area contributed by atoms with Gasteiger partial charge in [-0.2, -0.15) is 0 Å². The largest absolute Gasteiger partial charge is 0.392 e. The highest BCUT2D eigenvalue weighted by Crippen LogP contribution is 2.27. The Bertz CT molecular complexity index is 540. The molecule has 0 fully saturated rings. The van der Waals surface area contributed by atoms with Gasteiger partial charge in [-0.25, -0.2) is 0 Å². The Balaban J connectivity index is 2.10. The van der Waals surface area contributed by atoms with Crippen LogP contribution < -0.4 is 0 Å². The second kappa shape index (κ2) is 5.61. The molecule has 2 rings (SSSR count). The van der Waals surface area contributed by atoms with E-state index in [-0.39, 0.29) is 12.4 Å². The van der Waals surface area contributed by atoms with Crippen molar-refractivity contribution in [1.29, 1.82) is 0 Å². The first kappa shape index (κ1) is 12.5. The van der Waals surface area contributed by atoms with Crippen LogP contribution in [0.4, 0.5) is 5.82 Å². The molecule has 1 N–H and O–H groups in total. The average molecular weight is 262 g/mol. The third-order valence-electron chi connectivity index (χ3n) is 2.25. The molecule has 0 atom stereocenters. The van der Waals surface area contributed by atoms with Crippen LogP contribution in [0.25, 0.3) is 0 Å². The second-order valence-electron chi connectivity index (χ2n) is 3.51. The monoisotopic (exact) mass is 262 g/mol. The van der Waals surface area contributed by atoms with E-state index in [1.807, 2.05) is 24.3 Å². The molecule has 0 radical (unpaired) electrons. The molecule has 2 aromatic rings. The number of aliphatic hydroxyl groups is 1. The van der Waals surface area contributed by atoms with Crippen molar-refractivity contribution in [3.63, 3.8) is 0 Å². The Morgan fingerprint density at radius 3 is 2.33 bits per heavy atom. The maximum Gasteiger partial charge on any atom is 0.363 e. The molecular weight excluding hydrogens is 252 g/mol. The van der Waals surface area contributed by atoms with Crippen LogP contribution in [0, 0.1) is 10.1 Å². The molecule has 0 aliphatic rings. The highest BCUT2D eigenvalue weighted by Gasteiger charge is 2.07. The zero-order valence-corrected chi connectivity index (χ0v) is 10.1. The van der Waals surface area contributed by atoms with Crippen LogP contribution in [-0.4, -0.2) is 15.0 Å². The van der Waals surface area contributed by atoms with E-state index < -0.39 is 4.92 Å². The van der Waals surface area contributed by atoms with E-state index in [1.54, 1.807) is 6.07 Å². The van der Waals surface area contributed by atoms with Crippen molar-refractivity contribution in [1.82, 2.24) is 4.98 Å². The Kier molecular flexibility index (Phi) is 3.91. The van der Waals surface area contributed by atoms with Crippen LogP contribution in [0.2, 0.25) is 0 Å². The minimum absolute atomic E-state index is 0.0179. The molecule has 5 nitrogen and oxygen atoms in total. The number of benzene rings is 1. The molecule has 1 heterocycles. The molecule has 18 heavy (non-hydrogen) atoms. The summed E-state index contributed by atoms with van der Waals surface area (Å²) in [6, 6.07) is 10.5. The number of rotatable bonds is 4. The average Bonchev–Trinajstić information content (AvgIpc) is 2.40. The van der Waals surface area contributed by atoms with Crippen molar-refractivity contribution in [3.8, 4) is 0 Å². The van der Waals surface area contributed by atoms with Crippen LogP contribution in [0.15, 0.2) is 52.4 Å². The van der Waals surface area contributed by atoms with Crippen LogP contribution in [0.3, 0.4) is 0 Å². The second-order valence-corrected chi connectivity index (χ2v) is 4.66. The predicted molar refractivity (Wildman–Crippen MR) is 67.4 cm³/mol. The number of hydrogen-bond acceptors (Lipinski definition) is 5. The van der Waals surface area contributed by atoms with Crippen LogP contribution in [-0.2, 0) is 6.61 Å². The summed E-state index contributed by atoms with van der Waals surface area (Å²) in [5.74, 6) is -0.157. The summed E-state index contributed by atoms with van der Waals surface area (Å²) in [6.45, 7) is 0.0179. The van der Waals surface area contributed by atoms with E-state index in [0.29, 0.717) is 0 Å². The molecule has 0 aliphatic heterocycles. The van der Waals surface area contributed by atoms with Crippen LogP contribution in [0.5, 0.6) is 0 Å². The number of hydrogen-bond donors (Lipinski definition) is 1. The zero-order chi connectivity index (χ0) is 13.0. The first-order valence-electron chi connectivity index (χ1n) is 5.17. The van der Waals surface area contributed by atoms with Crippen molar-refractivity contribution in [2.45, 2.75) is 16.4 Å². The van der Waals surface area contributed by atoms with Crippen molar-refractivity contribution in [2.24, 2.45) is 0 Å². The lowest BCUT2D eigenvalue weighted by atomic mass is 10.2. The third kappa shape index (κ3) is 3.06. The SMILES string of the molecule is O=[N+]([O-])c1ccc(Sc2ccc(CO)cc2)cn1. The normalized spacial score (nSPS) is 10.3. The summed E-state index contributed by atoms with van der Waals surface area (Å²) in [4.78, 5) is 15.5. The maximum atomic E-state index is 10.5. The molecule has 6 heteroatoms. The number of nitro groups is 1. The van der Waals surface area contributed by atoms with Gasteiger partial charge in [0.1, 0.15) is 0 Å². The van der Waals surface area contributed by atoms with Crippen LogP contribution >= 0.6 is 11.8 Å². The highest BCUT2D eigenvalue weighted by atomic mass is 32.2. The molecule has 92 valence electrons. The molecule has 0 amide bonds. The lowest BCUT2D eigenvalue weighted by Gasteiger charge is -2.01. The van der Waals surface area contributed by atoms with Gasteiger partial charge in [0.05, 0.1) is 11.5 Å². The standard InChI is InChI=1S/C12H10N2O3S/c15-8-9-1-3-10(4-2-9)18-11-5-6-12(13-7-11)14(16)17/h1-7,15H,8H2. The van der Waals surface area contributed by atoms with Gasteiger partial charge in [0.25, 0.3) is 0 Å². The van der Waals surface area contributed by atoms with Gasteiger partial charge in [0.2, 0.25) is 0 Å². The van der Waals surface area contributed by atoms with Gasteiger partial charge in [-0.1, -0.05) is 23.9 Å². The minimum Gasteiger partial charge on any atom is -0.392 e. The Labute approximate surface area is 108 Å². The Hall–Kier alpha value is -1.92. The van der Waals surface area contributed by atoms with E-state index in [1.165, 1.54) is 24.0 Å². The Morgan fingerprint density at radius 1 is 1.17 bits per heavy atom. The number of nitrogens with zero attached hydrogens (tertiary/aromatic N) is 2. The van der Waals surface area contributed by atoms with Crippen molar-refractivity contribution >= 4 is 17.6 Å². The number of aliphatic hydroxyl groups excluding tert-OH is 1. The molecular formula is C12H10N2O3S. The molecule has 1 aromatic carbocycles. The molecule has 0 saturated heterocycles. The number of aromatic nitrogens is 1. The molecule has 0 unspecified atom stereocenters. The molecule has 1 aromatic heterocycles. The first-order valence-corrected chi connectivity index (χ1v) is 5.99. The molecule has 0 aliphatic carbocycles. The summed E-state index contributed by atoms with van der Waals surface area (Å²) in [6.07, 6.45) is 1.47. The molecule has 0 bridgehead atoms. The van der Waals surface area contributed by atoms with Gasteiger partial charge in [0, 0.05) is 11.0 Å². The molecule has 0 spiro atoms. The summed E-state index contributed by atoms with van der Waals surface area (Å²) < 4.78 is 0.